The van der Waals surface area contributed by atoms with Gasteiger partial charge in [-0.25, -0.2) is 9.48 Å². The lowest BCUT2D eigenvalue weighted by atomic mass is 10.1. The lowest BCUT2D eigenvalue weighted by Crippen LogP contribution is -2.25. The highest BCUT2D eigenvalue weighted by molar-refractivity contribution is 8.13. The molecule has 0 radical (unpaired) electrons. The highest BCUT2D eigenvalue weighted by atomic mass is 35.5. The summed E-state index contributed by atoms with van der Waals surface area (Å²) in [7, 11) is -3.71. The van der Waals surface area contributed by atoms with Crippen LogP contribution in [0.1, 0.15) is 51.0 Å². The first-order valence-electron chi connectivity index (χ1n) is 17.4. The van der Waals surface area contributed by atoms with E-state index in [0.717, 1.165) is 35.0 Å². The Labute approximate surface area is 366 Å². The number of nitrogen functional groups attached to an aromatic ring is 1. The molecule has 0 spiro atoms. The Morgan fingerprint density at radius 1 is 1.03 bits per heavy atom. The minimum Gasteiger partial charge on any atom is -0.778 e. The number of hydrogen-bond acceptors (Lipinski definition) is 13. The fourth-order valence-corrected chi connectivity index (χ4v) is 6.13. The molecule has 0 saturated carbocycles. The average Bonchev–Trinajstić information content (AvgIpc) is 3.51. The SMILES string of the molecule is CCCCCCCCSC(=O)Oc1cc(Cl)nnc1-c1ccccc1.C[S+](C)C.Nc1c([N+](=O)[O-])cnn1-c1c(Cl)cc(C(F)(F)F)cc1Cl.O=C(O)CNCP(=O)([O-])O. The summed E-state index contributed by atoms with van der Waals surface area (Å²) >= 11 is 18.6. The van der Waals surface area contributed by atoms with Gasteiger partial charge in [0.25, 0.3) is 0 Å². The summed E-state index contributed by atoms with van der Waals surface area (Å²) in [4.78, 5) is 49.7. The molecule has 16 nitrogen and oxygen atoms in total. The van der Waals surface area contributed by atoms with Gasteiger partial charge in [0, 0.05) is 17.4 Å². The molecule has 5 N–H and O–H groups in total. The number of unbranched alkanes of at least 4 members (excludes halogenated alkanes) is 5. The maximum Gasteiger partial charge on any atom is 0.416 e. The molecule has 332 valence electrons. The number of ether oxygens (including phenoxy) is 1. The molecule has 2 heterocycles. The summed E-state index contributed by atoms with van der Waals surface area (Å²) in [5, 5.41) is 31.3. The van der Waals surface area contributed by atoms with Gasteiger partial charge in [-0.1, -0.05) is 104 Å². The zero-order valence-corrected chi connectivity index (χ0v) is 37.5. The molecule has 0 aliphatic heterocycles. The van der Waals surface area contributed by atoms with E-state index in [0.29, 0.717) is 34.5 Å². The lowest BCUT2D eigenvalue weighted by Gasteiger charge is -2.14. The van der Waals surface area contributed by atoms with E-state index in [9.17, 15) is 42.3 Å². The fraction of sp³-hybridized carbons (Fsp3) is 0.400. The van der Waals surface area contributed by atoms with Crippen LogP contribution in [0.5, 0.6) is 5.75 Å². The third kappa shape index (κ3) is 21.7. The van der Waals surface area contributed by atoms with Crippen molar-refractivity contribution in [3.05, 3.63) is 85.6 Å². The van der Waals surface area contributed by atoms with Crippen molar-refractivity contribution < 1.29 is 51.9 Å². The van der Waals surface area contributed by atoms with E-state index in [1.165, 1.54) is 43.5 Å². The molecule has 0 bridgehead atoms. The van der Waals surface area contributed by atoms with E-state index in [4.69, 9.17) is 55.3 Å². The number of aromatic nitrogens is 4. The van der Waals surface area contributed by atoms with Gasteiger partial charge in [0.1, 0.15) is 25.2 Å². The topological polar surface area (TPSA) is 249 Å². The molecule has 0 aliphatic rings. The molecular weight excluding hydrogens is 921 g/mol. The van der Waals surface area contributed by atoms with E-state index in [1.54, 1.807) is 0 Å². The van der Waals surface area contributed by atoms with E-state index in [-0.39, 0.29) is 26.2 Å². The van der Waals surface area contributed by atoms with Crippen LogP contribution in [0.4, 0.5) is 29.5 Å². The van der Waals surface area contributed by atoms with Crippen LogP contribution in [0, 0.1) is 10.1 Å². The Hall–Kier alpha value is -3.66. The summed E-state index contributed by atoms with van der Waals surface area (Å²) in [6.07, 6.45) is 9.29. The molecule has 0 aliphatic carbocycles. The number of halogens is 6. The number of nitrogens with zero attached hydrogens (tertiary/aromatic N) is 5. The summed E-state index contributed by atoms with van der Waals surface area (Å²) in [6, 6.07) is 12.3. The van der Waals surface area contributed by atoms with E-state index in [1.807, 2.05) is 35.6 Å². The second-order valence-electron chi connectivity index (χ2n) is 12.4. The van der Waals surface area contributed by atoms with Crippen molar-refractivity contribution in [2.45, 2.75) is 51.6 Å². The van der Waals surface area contributed by atoms with Crippen molar-refractivity contribution in [2.75, 3.05) is 43.1 Å². The molecule has 0 fully saturated rings. The lowest BCUT2D eigenvalue weighted by molar-refractivity contribution is -0.383. The number of carboxylic acid groups (broad SMARTS) is 1. The van der Waals surface area contributed by atoms with Gasteiger partial charge >= 0.3 is 23.1 Å². The maximum absolute atomic E-state index is 12.6. The first-order valence-corrected chi connectivity index (χ1v) is 23.7. The standard InChI is InChI=1S/C19H23ClN2O2S.C10H5Cl2F3N4O2.C3H8NO5P.C3H9S/c1-2-3-4-5-6-10-13-25-19(23)24-16-14-17(20)21-22-18(16)15-11-8-7-9-12-15;11-5-1-4(10(13,14)15)2-6(12)8(5)18-9(16)7(3-17-18)19(20)21;5-3(6)1-4-2-10(7,8)9;1-4(2)3/h7-9,11-12,14H,2-6,10,13H2,1H3;1-3H,16H2;4H,1-2H2,(H,5,6)(H2,7,8,9);1-3H3/q;;;+1/p-1. The molecule has 4 aromatic rings. The van der Waals surface area contributed by atoms with Crippen LogP contribution in [0.2, 0.25) is 15.2 Å². The zero-order chi connectivity index (χ0) is 45.6. The molecule has 2 aromatic heterocycles. The molecule has 1 atom stereocenters. The van der Waals surface area contributed by atoms with Gasteiger partial charge in [-0.3, -0.25) is 20.2 Å². The summed E-state index contributed by atoms with van der Waals surface area (Å²) in [5.41, 5.74) is 5.12. The van der Waals surface area contributed by atoms with E-state index < -0.39 is 54.6 Å². The van der Waals surface area contributed by atoms with Crippen molar-refractivity contribution in [1.29, 1.82) is 0 Å². The number of nitrogens with one attached hydrogen (secondary N) is 1. The van der Waals surface area contributed by atoms with Crippen LogP contribution in [0.15, 0.2) is 54.7 Å². The number of rotatable bonds is 15. The maximum atomic E-state index is 12.6. The van der Waals surface area contributed by atoms with Gasteiger partial charge in [0.15, 0.2) is 10.9 Å². The largest absolute Gasteiger partial charge is 0.778 e. The summed E-state index contributed by atoms with van der Waals surface area (Å²) < 4.78 is 54.1. The van der Waals surface area contributed by atoms with E-state index in [2.05, 4.69) is 41.0 Å². The third-order valence-corrected chi connectivity index (χ3v) is 9.01. The summed E-state index contributed by atoms with van der Waals surface area (Å²) in [6.45, 7) is 1.72. The average molecular weight is 965 g/mol. The van der Waals surface area contributed by atoms with Gasteiger partial charge in [-0.15, -0.1) is 10.2 Å². The van der Waals surface area contributed by atoms with Crippen molar-refractivity contribution in [3.8, 4) is 22.7 Å². The number of alkyl halides is 3. The van der Waals surface area contributed by atoms with Crippen LogP contribution in [0.25, 0.3) is 16.9 Å². The van der Waals surface area contributed by atoms with Crippen LogP contribution in [-0.2, 0) is 26.4 Å². The smallest absolute Gasteiger partial charge is 0.416 e. The second kappa shape index (κ2) is 27.3. The fourth-order valence-electron chi connectivity index (χ4n) is 4.29. The number of aliphatic carboxylic acids is 1. The van der Waals surface area contributed by atoms with E-state index >= 15 is 0 Å². The van der Waals surface area contributed by atoms with Crippen molar-refractivity contribution in [3.63, 3.8) is 0 Å². The molecule has 1 unspecified atom stereocenters. The molecule has 0 saturated heterocycles. The number of thioether (sulfide) groups is 1. The Kier molecular flexibility index (Phi) is 24.8. The van der Waals surface area contributed by atoms with Gasteiger partial charge in [-0.05, 0) is 41.2 Å². The van der Waals surface area contributed by atoms with Crippen LogP contribution in [-0.4, -0.2) is 83.5 Å². The number of benzene rings is 2. The predicted octanol–water partition coefficient (Wildman–Crippen LogP) is 8.74. The highest BCUT2D eigenvalue weighted by Crippen LogP contribution is 2.39. The monoisotopic (exact) mass is 963 g/mol. The number of carbonyl (C=O) groups excluding carboxylic acids is 1. The quantitative estimate of drug-likeness (QED) is 0.0217. The molecule has 4 rings (SSSR count). The Balaban J connectivity index is 0.000000462. The first kappa shape index (κ1) is 54.4. The third-order valence-electron chi connectivity index (χ3n) is 6.81. The number of anilines is 1. The molecule has 0 amide bonds. The predicted molar refractivity (Wildman–Crippen MR) is 229 cm³/mol. The van der Waals surface area contributed by atoms with Crippen LogP contribution in [0.3, 0.4) is 0 Å². The highest BCUT2D eigenvalue weighted by Gasteiger charge is 2.33. The van der Waals surface area contributed by atoms with Crippen molar-refractivity contribution in [1.82, 2.24) is 25.3 Å². The second-order valence-corrected chi connectivity index (χ2v) is 18.7. The number of carboxylic acids is 1. The molecule has 2 aromatic carbocycles. The van der Waals surface area contributed by atoms with Gasteiger partial charge < -0.3 is 29.9 Å². The van der Waals surface area contributed by atoms with Crippen LogP contribution >= 0.6 is 54.2 Å². The number of hydrogen-bond donors (Lipinski definition) is 4. The van der Waals surface area contributed by atoms with Crippen LogP contribution < -0.4 is 20.7 Å². The number of nitrogens with two attached hydrogens (primary N) is 1. The van der Waals surface area contributed by atoms with Gasteiger partial charge in [0.2, 0.25) is 5.82 Å². The Bertz CT molecular complexity index is 2010. The Morgan fingerprint density at radius 2 is 1.60 bits per heavy atom. The zero-order valence-electron chi connectivity index (χ0n) is 32.7. The van der Waals surface area contributed by atoms with Crippen molar-refractivity contribution >= 4 is 87.8 Å². The summed E-state index contributed by atoms with van der Waals surface area (Å²) in [5.74, 6) is -0.471. The first-order chi connectivity index (χ1) is 28.0. The Morgan fingerprint density at radius 3 is 2.10 bits per heavy atom. The molecule has 25 heteroatoms. The van der Waals surface area contributed by atoms with Gasteiger partial charge in [-0.2, -0.15) is 18.3 Å². The van der Waals surface area contributed by atoms with Gasteiger partial charge in [0.05, 0.1) is 52.1 Å². The number of nitro groups is 1. The minimum atomic E-state index is -4.63. The molecular formula is C35H44Cl3F3N7O9PS2. The minimum absolute atomic E-state index is 0.170. The van der Waals surface area contributed by atoms with Crippen molar-refractivity contribution in [2.24, 2.45) is 0 Å². The number of carbonyl (C=O) groups is 2. The molecule has 60 heavy (non-hydrogen) atoms. The normalized spacial score (nSPS) is 11.8.